The van der Waals surface area contributed by atoms with Crippen LogP contribution in [0, 0.1) is 17.7 Å². The Morgan fingerprint density at radius 3 is 2.45 bits per heavy atom. The summed E-state index contributed by atoms with van der Waals surface area (Å²) in [6.07, 6.45) is 0. The predicted octanol–water partition coefficient (Wildman–Crippen LogP) is 5.27. The van der Waals surface area contributed by atoms with E-state index in [2.05, 4.69) is 40.9 Å². The van der Waals surface area contributed by atoms with Gasteiger partial charge in [-0.2, -0.15) is 0 Å². The number of hydrogen-bond donors (Lipinski definition) is 1. The number of likely N-dealkylation sites (N-methyl/N-ethyl adjacent to an activating group) is 1. The largest absolute Gasteiger partial charge is 0.367 e. The number of piperazine rings is 1. The Hall–Kier alpha value is -3.33. The van der Waals surface area contributed by atoms with Crippen molar-refractivity contribution in [2.75, 3.05) is 36.9 Å². The minimum atomic E-state index is -0.295. The number of benzene rings is 3. The maximum absolute atomic E-state index is 13.2. The normalized spacial score (nSPS) is 16.1. The molecular weight excluding hydrogens is 437 g/mol. The average Bonchev–Trinajstić information content (AvgIpc) is 2.81. The lowest BCUT2D eigenvalue weighted by molar-refractivity contribution is 0.102. The first-order valence-electron chi connectivity index (χ1n) is 10.8. The molecule has 4 nitrogen and oxygen atoms in total. The molecular formula is C27H25ClFN3O. The van der Waals surface area contributed by atoms with Crippen LogP contribution in [0.4, 0.5) is 15.8 Å². The topological polar surface area (TPSA) is 35.6 Å². The third-order valence-corrected chi connectivity index (χ3v) is 6.19. The van der Waals surface area contributed by atoms with Crippen molar-refractivity contribution in [3.05, 3.63) is 94.3 Å². The van der Waals surface area contributed by atoms with Crippen LogP contribution in [0.15, 0.2) is 66.7 Å². The molecule has 0 bridgehead atoms. The molecule has 1 amide bonds. The minimum absolute atomic E-state index is 0.271. The smallest absolute Gasteiger partial charge is 0.257 e. The Balaban J connectivity index is 1.67. The summed E-state index contributed by atoms with van der Waals surface area (Å²) in [5.74, 6) is 5.60. The molecule has 3 aromatic carbocycles. The summed E-state index contributed by atoms with van der Waals surface area (Å²) in [4.78, 5) is 17.6. The Bertz CT molecular complexity index is 1220. The first kappa shape index (κ1) is 22.8. The molecule has 1 N–H and O–H groups in total. The molecule has 1 fully saturated rings. The molecule has 0 spiro atoms. The summed E-state index contributed by atoms with van der Waals surface area (Å²) in [5.41, 5.74) is 3.51. The van der Waals surface area contributed by atoms with E-state index in [1.165, 1.54) is 12.1 Å². The monoisotopic (exact) mass is 461 g/mol. The van der Waals surface area contributed by atoms with Gasteiger partial charge in [-0.3, -0.25) is 4.79 Å². The van der Waals surface area contributed by atoms with E-state index in [9.17, 15) is 9.18 Å². The molecule has 0 radical (unpaired) electrons. The molecule has 0 saturated carbocycles. The Morgan fingerprint density at radius 1 is 1.03 bits per heavy atom. The fraction of sp³-hybridized carbons (Fsp3) is 0.222. The predicted molar refractivity (Wildman–Crippen MR) is 133 cm³/mol. The first-order valence-corrected chi connectivity index (χ1v) is 11.2. The van der Waals surface area contributed by atoms with Crippen molar-refractivity contribution in [1.29, 1.82) is 0 Å². The molecule has 0 aliphatic carbocycles. The van der Waals surface area contributed by atoms with Gasteiger partial charge in [-0.25, -0.2) is 4.39 Å². The maximum Gasteiger partial charge on any atom is 0.257 e. The third-order valence-electron chi connectivity index (χ3n) is 5.86. The van der Waals surface area contributed by atoms with Crippen molar-refractivity contribution in [3.63, 3.8) is 0 Å². The van der Waals surface area contributed by atoms with E-state index < -0.39 is 0 Å². The average molecular weight is 462 g/mol. The minimum Gasteiger partial charge on any atom is -0.367 e. The van der Waals surface area contributed by atoms with Gasteiger partial charge in [0.15, 0.2) is 0 Å². The highest BCUT2D eigenvalue weighted by atomic mass is 35.5. The van der Waals surface area contributed by atoms with E-state index in [1.54, 1.807) is 36.4 Å². The second-order valence-electron chi connectivity index (χ2n) is 8.20. The number of rotatable bonds is 3. The SMILES string of the molecule is C[C@H]1CN(c2ccc(C#Cc3ccc(F)cc3)cc2NC(=O)c2ccccc2Cl)CCN1C. The van der Waals surface area contributed by atoms with Crippen LogP contribution in [0.25, 0.3) is 0 Å². The molecule has 1 aliphatic rings. The molecule has 3 aromatic rings. The van der Waals surface area contributed by atoms with Gasteiger partial charge in [0, 0.05) is 36.8 Å². The molecule has 0 aromatic heterocycles. The number of hydrogen-bond acceptors (Lipinski definition) is 3. The molecule has 1 atom stereocenters. The quantitative estimate of drug-likeness (QED) is 0.539. The van der Waals surface area contributed by atoms with Gasteiger partial charge < -0.3 is 15.1 Å². The zero-order chi connectivity index (χ0) is 23.4. The Morgan fingerprint density at radius 2 is 1.73 bits per heavy atom. The summed E-state index contributed by atoms with van der Waals surface area (Å²) in [7, 11) is 2.12. The van der Waals surface area contributed by atoms with E-state index in [0.29, 0.717) is 22.3 Å². The van der Waals surface area contributed by atoms with Crippen molar-refractivity contribution in [1.82, 2.24) is 4.90 Å². The number of halogens is 2. The van der Waals surface area contributed by atoms with Gasteiger partial charge in [0.25, 0.3) is 5.91 Å². The second kappa shape index (κ2) is 10.1. The first-order chi connectivity index (χ1) is 15.9. The summed E-state index contributed by atoms with van der Waals surface area (Å²) in [6.45, 7) is 4.84. The highest BCUT2D eigenvalue weighted by molar-refractivity contribution is 6.34. The highest BCUT2D eigenvalue weighted by Crippen LogP contribution is 2.30. The lowest BCUT2D eigenvalue weighted by Crippen LogP contribution is -2.50. The fourth-order valence-electron chi connectivity index (χ4n) is 3.77. The maximum atomic E-state index is 13.2. The third kappa shape index (κ3) is 5.54. The Labute approximate surface area is 199 Å². The molecule has 1 saturated heterocycles. The van der Waals surface area contributed by atoms with Crippen LogP contribution >= 0.6 is 11.6 Å². The Kier molecular flexibility index (Phi) is 6.98. The van der Waals surface area contributed by atoms with E-state index >= 15 is 0 Å². The van der Waals surface area contributed by atoms with Gasteiger partial charge in [-0.15, -0.1) is 0 Å². The van der Waals surface area contributed by atoms with Crippen LogP contribution in [0.5, 0.6) is 0 Å². The molecule has 0 unspecified atom stereocenters. The number of amides is 1. The van der Waals surface area contributed by atoms with Gasteiger partial charge in [0.2, 0.25) is 0 Å². The van der Waals surface area contributed by atoms with Crippen molar-refractivity contribution >= 4 is 28.9 Å². The number of carbonyl (C=O) groups excluding carboxylic acids is 1. The molecule has 168 valence electrons. The van der Waals surface area contributed by atoms with Crippen LogP contribution < -0.4 is 10.2 Å². The van der Waals surface area contributed by atoms with Crippen LogP contribution in [0.2, 0.25) is 5.02 Å². The zero-order valence-corrected chi connectivity index (χ0v) is 19.4. The van der Waals surface area contributed by atoms with Crippen LogP contribution in [-0.2, 0) is 0 Å². The van der Waals surface area contributed by atoms with E-state index in [4.69, 9.17) is 11.6 Å². The zero-order valence-electron chi connectivity index (χ0n) is 18.6. The van der Waals surface area contributed by atoms with E-state index in [1.807, 2.05) is 18.2 Å². The summed E-state index contributed by atoms with van der Waals surface area (Å²) >= 11 is 6.24. The van der Waals surface area contributed by atoms with Gasteiger partial charge in [0.1, 0.15) is 5.82 Å². The lowest BCUT2D eigenvalue weighted by atomic mass is 10.1. The summed E-state index contributed by atoms with van der Waals surface area (Å²) < 4.78 is 13.2. The molecule has 1 aliphatic heterocycles. The lowest BCUT2D eigenvalue weighted by Gasteiger charge is -2.39. The van der Waals surface area contributed by atoms with Crippen molar-refractivity contribution < 1.29 is 9.18 Å². The van der Waals surface area contributed by atoms with Crippen molar-refractivity contribution in [2.24, 2.45) is 0 Å². The van der Waals surface area contributed by atoms with Crippen LogP contribution in [0.3, 0.4) is 0 Å². The molecule has 4 rings (SSSR count). The number of anilines is 2. The van der Waals surface area contributed by atoms with Gasteiger partial charge in [-0.05, 0) is 68.6 Å². The standard InChI is InChI=1S/C27H25ClFN3O/c1-19-18-32(16-15-31(19)2)26-14-11-21(8-7-20-9-12-22(29)13-10-20)17-25(26)30-27(33)23-5-3-4-6-24(23)28/h3-6,9-14,17,19H,15-16,18H2,1-2H3,(H,30,33)/t19-/m0/s1. The summed E-state index contributed by atoms with van der Waals surface area (Å²) in [5, 5.41) is 3.44. The number of nitrogens with zero attached hydrogens (tertiary/aromatic N) is 2. The van der Waals surface area contributed by atoms with Crippen molar-refractivity contribution in [2.45, 2.75) is 13.0 Å². The highest BCUT2D eigenvalue weighted by Gasteiger charge is 2.23. The van der Waals surface area contributed by atoms with E-state index in [-0.39, 0.29) is 11.7 Å². The number of carbonyl (C=O) groups is 1. The van der Waals surface area contributed by atoms with Gasteiger partial charge in [0.05, 0.1) is 22.0 Å². The van der Waals surface area contributed by atoms with Crippen LogP contribution in [0.1, 0.15) is 28.4 Å². The second-order valence-corrected chi connectivity index (χ2v) is 8.61. The van der Waals surface area contributed by atoms with E-state index in [0.717, 1.165) is 36.4 Å². The molecule has 1 heterocycles. The van der Waals surface area contributed by atoms with Gasteiger partial charge in [-0.1, -0.05) is 35.6 Å². The summed E-state index contributed by atoms with van der Waals surface area (Å²) in [6, 6.07) is 19.2. The van der Waals surface area contributed by atoms with Gasteiger partial charge >= 0.3 is 0 Å². The number of nitrogens with one attached hydrogen (secondary N) is 1. The van der Waals surface area contributed by atoms with Crippen LogP contribution in [-0.4, -0.2) is 43.5 Å². The van der Waals surface area contributed by atoms with Crippen molar-refractivity contribution in [3.8, 4) is 11.8 Å². The molecule has 33 heavy (non-hydrogen) atoms. The fourth-order valence-corrected chi connectivity index (χ4v) is 3.99. The molecule has 6 heteroatoms.